The molecule has 2 atom stereocenters. The fourth-order valence-corrected chi connectivity index (χ4v) is 5.80. The summed E-state index contributed by atoms with van der Waals surface area (Å²) in [6, 6.07) is 0. The fourth-order valence-electron chi connectivity index (χ4n) is 5.19. The number of unbranched alkanes of at least 4 members (excludes halogenated alkanes) is 22. The van der Waals surface area contributed by atoms with Gasteiger partial charge in [0, 0.05) is 13.2 Å². The maximum Gasteiger partial charge on any atom is 0.397 e. The Hall–Kier alpha value is -0.340. The van der Waals surface area contributed by atoms with Crippen LogP contribution in [0.1, 0.15) is 168 Å². The Morgan fingerprint density at radius 1 is 0.409 bits per heavy atom. The Bertz CT molecular complexity index is 753. The average Bonchev–Trinajstić information content (AvgIpc) is 2.96. The van der Waals surface area contributed by atoms with Crippen LogP contribution in [0.5, 0.6) is 0 Å². The molecule has 0 amide bonds. The molecule has 0 aliphatic heterocycles. The van der Waals surface area contributed by atoms with E-state index >= 15 is 0 Å². The highest BCUT2D eigenvalue weighted by Gasteiger charge is 2.27. The van der Waals surface area contributed by atoms with Gasteiger partial charge in [-0.1, -0.05) is 155 Å². The van der Waals surface area contributed by atoms with Crippen LogP contribution in [-0.2, 0) is 38.6 Å². The fraction of sp³-hybridized carbons (Fsp3) is 1.00. The molecule has 0 unspecified atom stereocenters. The second-order valence-corrected chi connectivity index (χ2v) is 14.2. The first kappa shape index (κ1) is 43.7. The van der Waals surface area contributed by atoms with Crippen molar-refractivity contribution in [2.45, 2.75) is 180 Å². The zero-order valence-corrected chi connectivity index (χ0v) is 29.6. The number of ether oxygens (including phenoxy) is 2. The summed E-state index contributed by atoms with van der Waals surface area (Å²) in [7, 11) is -9.49. The van der Waals surface area contributed by atoms with E-state index in [1.54, 1.807) is 0 Å². The summed E-state index contributed by atoms with van der Waals surface area (Å²) in [6.45, 7) is 3.86. The maximum atomic E-state index is 11.2. The van der Waals surface area contributed by atoms with Crippen LogP contribution in [-0.4, -0.2) is 64.6 Å². The average molecular weight is 675 g/mol. The number of hydrogen-bond acceptors (Lipinski definition) is 8. The minimum absolute atomic E-state index is 0.279. The van der Waals surface area contributed by atoms with Gasteiger partial charge in [-0.2, -0.15) is 16.8 Å². The maximum absolute atomic E-state index is 11.2. The van der Waals surface area contributed by atoms with Gasteiger partial charge in [-0.15, -0.1) is 0 Å². The highest BCUT2D eigenvalue weighted by molar-refractivity contribution is 7.81. The van der Waals surface area contributed by atoms with Gasteiger partial charge in [-0.25, -0.2) is 8.37 Å². The minimum atomic E-state index is -4.75. The monoisotopic (exact) mass is 674 g/mol. The molecule has 0 aliphatic carbocycles. The zero-order chi connectivity index (χ0) is 32.8. The summed E-state index contributed by atoms with van der Waals surface area (Å²) in [6.07, 6.45) is 26.3. The Morgan fingerprint density at radius 3 is 0.864 bits per heavy atom. The minimum Gasteiger partial charge on any atom is -0.373 e. The van der Waals surface area contributed by atoms with Crippen LogP contribution in [0.25, 0.3) is 0 Å². The van der Waals surface area contributed by atoms with E-state index in [0.29, 0.717) is 0 Å². The molecule has 12 heteroatoms. The van der Waals surface area contributed by atoms with E-state index in [1.807, 2.05) is 0 Å². The second-order valence-electron chi connectivity index (χ2n) is 12.0. The van der Waals surface area contributed by atoms with Gasteiger partial charge < -0.3 is 9.47 Å². The highest BCUT2D eigenvalue weighted by atomic mass is 32.3. The Kier molecular flexibility index (Phi) is 29.8. The Labute approximate surface area is 270 Å². The van der Waals surface area contributed by atoms with Gasteiger partial charge in [-0.05, 0) is 12.8 Å². The SMILES string of the molecule is CCCCCCCCCCCCCCO[C@@H](COS(=O)(=O)O)[C@H](COS(=O)(=O)O)OCCCCCCCCCCCCCC. The first-order valence-electron chi connectivity index (χ1n) is 17.6. The third-order valence-electron chi connectivity index (χ3n) is 7.84. The molecule has 0 aromatic rings. The molecule has 0 saturated carbocycles. The van der Waals surface area contributed by atoms with E-state index in [4.69, 9.17) is 18.6 Å². The molecule has 0 bridgehead atoms. The van der Waals surface area contributed by atoms with Crippen molar-refractivity contribution in [2.75, 3.05) is 26.4 Å². The summed E-state index contributed by atoms with van der Waals surface area (Å²) >= 11 is 0. The Morgan fingerprint density at radius 2 is 0.636 bits per heavy atom. The van der Waals surface area contributed by atoms with Crippen LogP contribution in [0.3, 0.4) is 0 Å². The second kappa shape index (κ2) is 30.0. The van der Waals surface area contributed by atoms with Gasteiger partial charge in [0.2, 0.25) is 0 Å². The standard InChI is InChI=1S/C32H66O10S2/c1-3-5-7-9-11-13-15-17-19-21-23-25-27-39-31(29-41-43(33,34)35)32(30-42-44(36,37)38)40-28-26-24-22-20-18-16-14-12-10-8-6-4-2/h31-32H,3-30H2,1-2H3,(H,33,34,35)(H,36,37,38)/t31-,32-/m0/s1. The van der Waals surface area contributed by atoms with Crippen molar-refractivity contribution >= 4 is 20.8 Å². The van der Waals surface area contributed by atoms with Crippen molar-refractivity contribution in [3.63, 3.8) is 0 Å². The zero-order valence-electron chi connectivity index (χ0n) is 27.9. The molecule has 0 heterocycles. The third-order valence-corrected chi connectivity index (χ3v) is 8.70. The molecule has 0 aliphatic rings. The van der Waals surface area contributed by atoms with Crippen LogP contribution >= 0.6 is 0 Å². The smallest absolute Gasteiger partial charge is 0.373 e. The highest BCUT2D eigenvalue weighted by Crippen LogP contribution is 2.16. The van der Waals surface area contributed by atoms with Crippen LogP contribution < -0.4 is 0 Å². The van der Waals surface area contributed by atoms with E-state index in [0.717, 1.165) is 51.4 Å². The molecule has 0 saturated heterocycles. The summed E-state index contributed by atoms with van der Waals surface area (Å²) in [5.41, 5.74) is 0. The van der Waals surface area contributed by atoms with E-state index < -0.39 is 46.2 Å². The molecule has 0 aromatic carbocycles. The largest absolute Gasteiger partial charge is 0.397 e. The van der Waals surface area contributed by atoms with Gasteiger partial charge in [-0.3, -0.25) is 9.11 Å². The molecular formula is C32H66O10S2. The van der Waals surface area contributed by atoms with Crippen molar-refractivity contribution in [2.24, 2.45) is 0 Å². The van der Waals surface area contributed by atoms with Crippen molar-refractivity contribution < 1.29 is 43.8 Å². The first-order valence-corrected chi connectivity index (χ1v) is 20.3. The third kappa shape index (κ3) is 33.0. The van der Waals surface area contributed by atoms with E-state index in [2.05, 4.69) is 22.2 Å². The van der Waals surface area contributed by atoms with Crippen molar-refractivity contribution in [3.8, 4) is 0 Å². The van der Waals surface area contributed by atoms with Gasteiger partial charge in [0.15, 0.2) is 0 Å². The number of hydrogen-bond donors (Lipinski definition) is 2. The topological polar surface area (TPSA) is 146 Å². The normalized spacial score (nSPS) is 13.8. The van der Waals surface area contributed by atoms with Crippen LogP contribution in [0.4, 0.5) is 0 Å². The predicted octanol–water partition coefficient (Wildman–Crippen LogP) is 8.80. The quantitative estimate of drug-likeness (QED) is 0.0494. The lowest BCUT2D eigenvalue weighted by Crippen LogP contribution is -2.40. The molecule has 2 N–H and O–H groups in total. The molecular weight excluding hydrogens is 608 g/mol. The van der Waals surface area contributed by atoms with Gasteiger partial charge in [0.25, 0.3) is 0 Å². The predicted molar refractivity (Wildman–Crippen MR) is 177 cm³/mol. The molecule has 0 spiro atoms. The van der Waals surface area contributed by atoms with Gasteiger partial charge in [0.1, 0.15) is 12.2 Å². The van der Waals surface area contributed by atoms with Crippen LogP contribution in [0, 0.1) is 0 Å². The molecule has 266 valence electrons. The molecule has 10 nitrogen and oxygen atoms in total. The molecule has 0 fully saturated rings. The summed E-state index contributed by atoms with van der Waals surface area (Å²) in [5.74, 6) is 0. The molecule has 0 aromatic heterocycles. The molecule has 44 heavy (non-hydrogen) atoms. The van der Waals surface area contributed by atoms with E-state index in [1.165, 1.54) is 103 Å². The summed E-state index contributed by atoms with van der Waals surface area (Å²) in [4.78, 5) is 0. The lowest BCUT2D eigenvalue weighted by atomic mass is 10.1. The van der Waals surface area contributed by atoms with Crippen LogP contribution in [0.15, 0.2) is 0 Å². The lowest BCUT2D eigenvalue weighted by Gasteiger charge is -2.26. The van der Waals surface area contributed by atoms with E-state index in [-0.39, 0.29) is 13.2 Å². The van der Waals surface area contributed by atoms with Crippen molar-refractivity contribution in [1.82, 2.24) is 0 Å². The lowest BCUT2D eigenvalue weighted by molar-refractivity contribution is -0.104. The van der Waals surface area contributed by atoms with Crippen molar-refractivity contribution in [3.05, 3.63) is 0 Å². The van der Waals surface area contributed by atoms with Crippen LogP contribution in [0.2, 0.25) is 0 Å². The molecule has 0 radical (unpaired) electrons. The van der Waals surface area contributed by atoms with E-state index in [9.17, 15) is 16.8 Å². The first-order chi connectivity index (χ1) is 21.1. The molecule has 0 rings (SSSR count). The van der Waals surface area contributed by atoms with Crippen molar-refractivity contribution in [1.29, 1.82) is 0 Å². The van der Waals surface area contributed by atoms with Gasteiger partial charge >= 0.3 is 20.8 Å². The van der Waals surface area contributed by atoms with Gasteiger partial charge in [0.05, 0.1) is 13.2 Å². The Balaban J connectivity index is 4.47. The summed E-state index contributed by atoms with van der Waals surface area (Å²) < 4.78 is 83.8. The number of rotatable bonds is 35. The summed E-state index contributed by atoms with van der Waals surface area (Å²) in [5, 5.41) is 0.